The van der Waals surface area contributed by atoms with E-state index in [-0.39, 0.29) is 5.60 Å². The molecule has 104 valence electrons. The van der Waals surface area contributed by atoms with Crippen LogP contribution in [0, 0.1) is 5.92 Å². The van der Waals surface area contributed by atoms with Crippen molar-refractivity contribution in [1.29, 1.82) is 0 Å². The van der Waals surface area contributed by atoms with Crippen LogP contribution in [0.25, 0.3) is 11.0 Å². The second kappa shape index (κ2) is 5.02. The average molecular weight is 283 g/mol. The van der Waals surface area contributed by atoms with Gasteiger partial charge in [0.15, 0.2) is 11.4 Å². The molecule has 2 rings (SSSR count). The molecule has 0 unspecified atom stereocenters. The van der Waals surface area contributed by atoms with E-state index in [1.54, 1.807) is 6.07 Å². The lowest BCUT2D eigenvalue weighted by Crippen LogP contribution is -2.30. The van der Waals surface area contributed by atoms with Crippen molar-refractivity contribution in [2.24, 2.45) is 5.92 Å². The van der Waals surface area contributed by atoms with E-state index in [0.29, 0.717) is 28.9 Å². The Kier molecular flexibility index (Phi) is 3.74. The Morgan fingerprint density at radius 2 is 2.11 bits per heavy atom. The third-order valence-corrected chi connectivity index (χ3v) is 4.01. The van der Waals surface area contributed by atoms with Gasteiger partial charge in [-0.25, -0.2) is 0 Å². The molecule has 0 aliphatic heterocycles. The van der Waals surface area contributed by atoms with E-state index < -0.39 is 0 Å². The van der Waals surface area contributed by atoms with Crippen LogP contribution in [0.4, 0.5) is 5.82 Å². The summed E-state index contributed by atoms with van der Waals surface area (Å²) in [5.74, 6) is 0.766. The van der Waals surface area contributed by atoms with Crippen molar-refractivity contribution in [3.63, 3.8) is 0 Å². The monoisotopic (exact) mass is 282 g/mol. The number of rotatable bonds is 4. The van der Waals surface area contributed by atoms with Crippen LogP contribution >= 0.6 is 11.6 Å². The first-order chi connectivity index (χ1) is 8.81. The molecule has 0 saturated carbocycles. The quantitative estimate of drug-likeness (QED) is 0.920. The molecule has 0 aliphatic carbocycles. The van der Waals surface area contributed by atoms with Gasteiger partial charge in [-0.15, -0.1) is 0 Å². The fraction of sp³-hybridized carbons (Fsp3) is 0.500. The summed E-state index contributed by atoms with van der Waals surface area (Å²) in [4.78, 5) is 0. The van der Waals surface area contributed by atoms with Gasteiger partial charge in [0.05, 0.1) is 17.6 Å². The van der Waals surface area contributed by atoms with Gasteiger partial charge in [-0.3, -0.25) is 0 Å². The molecule has 0 bridgehead atoms. The number of halogens is 1. The van der Waals surface area contributed by atoms with Crippen molar-refractivity contribution >= 4 is 28.4 Å². The van der Waals surface area contributed by atoms with Crippen LogP contribution in [0.1, 0.15) is 33.3 Å². The normalized spacial score (nSPS) is 12.5. The number of nitrogen functional groups attached to an aromatic ring is 1. The molecule has 0 radical (unpaired) electrons. The van der Waals surface area contributed by atoms with Crippen molar-refractivity contribution in [2.75, 3.05) is 5.73 Å². The van der Waals surface area contributed by atoms with Crippen LogP contribution in [0.15, 0.2) is 16.7 Å². The number of nitrogens with two attached hydrogens (primary N) is 1. The third kappa shape index (κ3) is 2.85. The second-order valence-electron chi connectivity index (χ2n) is 5.55. The van der Waals surface area contributed by atoms with E-state index in [0.717, 1.165) is 10.9 Å². The highest BCUT2D eigenvalue weighted by molar-refractivity contribution is 6.32. The number of benzene rings is 1. The maximum Gasteiger partial charge on any atom is 0.174 e. The zero-order valence-electron chi connectivity index (χ0n) is 11.7. The fourth-order valence-electron chi connectivity index (χ4n) is 1.56. The van der Waals surface area contributed by atoms with E-state index in [1.165, 1.54) is 0 Å². The zero-order chi connectivity index (χ0) is 14.2. The average Bonchev–Trinajstić information content (AvgIpc) is 2.68. The molecular weight excluding hydrogens is 264 g/mol. The molecule has 4 nitrogen and oxygen atoms in total. The Labute approximate surface area is 117 Å². The standard InChI is InChI=1S/C14H19ClN2O2/c1-8(2)14(3,4)18-7-9-5-12-10(6-11(9)15)13(16)17-19-12/h5-6,8H,7H2,1-4H3,(H2,16,17). The van der Waals surface area contributed by atoms with Gasteiger partial charge < -0.3 is 15.0 Å². The smallest absolute Gasteiger partial charge is 0.174 e. The van der Waals surface area contributed by atoms with E-state index in [1.807, 2.05) is 6.07 Å². The van der Waals surface area contributed by atoms with E-state index in [2.05, 4.69) is 32.9 Å². The lowest BCUT2D eigenvalue weighted by molar-refractivity contribution is -0.0609. The predicted octanol–water partition coefficient (Wildman–Crippen LogP) is 4.01. The number of anilines is 1. The maximum atomic E-state index is 6.24. The molecule has 0 spiro atoms. The highest BCUT2D eigenvalue weighted by Gasteiger charge is 2.23. The van der Waals surface area contributed by atoms with Gasteiger partial charge in [-0.05, 0) is 31.9 Å². The number of ether oxygens (including phenoxy) is 1. The second-order valence-corrected chi connectivity index (χ2v) is 5.96. The summed E-state index contributed by atoms with van der Waals surface area (Å²) in [6, 6.07) is 3.60. The lowest BCUT2D eigenvalue weighted by Gasteiger charge is -2.29. The van der Waals surface area contributed by atoms with Gasteiger partial charge >= 0.3 is 0 Å². The topological polar surface area (TPSA) is 61.3 Å². The van der Waals surface area contributed by atoms with Crippen LogP contribution in [0.2, 0.25) is 5.02 Å². The summed E-state index contributed by atoms with van der Waals surface area (Å²) in [5, 5.41) is 5.06. The van der Waals surface area contributed by atoms with E-state index >= 15 is 0 Å². The molecule has 0 atom stereocenters. The summed E-state index contributed by atoms with van der Waals surface area (Å²) >= 11 is 6.24. The molecular formula is C14H19ClN2O2. The lowest BCUT2D eigenvalue weighted by atomic mass is 9.94. The first-order valence-electron chi connectivity index (χ1n) is 6.28. The van der Waals surface area contributed by atoms with Gasteiger partial charge in [-0.1, -0.05) is 30.6 Å². The summed E-state index contributed by atoms with van der Waals surface area (Å²) in [5.41, 5.74) is 6.98. The molecule has 2 N–H and O–H groups in total. The molecule has 19 heavy (non-hydrogen) atoms. The fourth-order valence-corrected chi connectivity index (χ4v) is 1.78. The Bertz CT molecular complexity index is 590. The van der Waals surface area contributed by atoms with Gasteiger partial charge in [0.1, 0.15) is 0 Å². The number of hydrogen-bond acceptors (Lipinski definition) is 4. The highest BCUT2D eigenvalue weighted by Crippen LogP contribution is 2.30. The Morgan fingerprint density at radius 1 is 1.42 bits per heavy atom. The van der Waals surface area contributed by atoms with Crippen molar-refractivity contribution in [3.05, 3.63) is 22.7 Å². The minimum absolute atomic E-state index is 0.210. The van der Waals surface area contributed by atoms with Crippen molar-refractivity contribution in [1.82, 2.24) is 5.16 Å². The van der Waals surface area contributed by atoms with E-state index in [4.69, 9.17) is 26.6 Å². The van der Waals surface area contributed by atoms with Gasteiger partial charge in [0, 0.05) is 10.6 Å². The molecule has 1 aromatic carbocycles. The summed E-state index contributed by atoms with van der Waals surface area (Å²) in [7, 11) is 0. The SMILES string of the molecule is CC(C)C(C)(C)OCc1cc2onc(N)c2cc1Cl. The molecule has 2 aromatic rings. The van der Waals surface area contributed by atoms with Crippen LogP contribution in [0.5, 0.6) is 0 Å². The molecule has 0 amide bonds. The number of fused-ring (bicyclic) bond motifs is 1. The van der Waals surface area contributed by atoms with Gasteiger partial charge in [0.25, 0.3) is 0 Å². The molecule has 1 aromatic heterocycles. The third-order valence-electron chi connectivity index (χ3n) is 3.66. The van der Waals surface area contributed by atoms with Crippen molar-refractivity contribution in [2.45, 2.75) is 39.9 Å². The van der Waals surface area contributed by atoms with Crippen LogP contribution < -0.4 is 5.73 Å². The van der Waals surface area contributed by atoms with Crippen LogP contribution in [0.3, 0.4) is 0 Å². The minimum Gasteiger partial charge on any atom is -0.380 e. The maximum absolute atomic E-state index is 6.24. The molecule has 5 heteroatoms. The highest BCUT2D eigenvalue weighted by atomic mass is 35.5. The Morgan fingerprint density at radius 3 is 2.74 bits per heavy atom. The number of aromatic nitrogens is 1. The summed E-state index contributed by atoms with van der Waals surface area (Å²) < 4.78 is 11.1. The Balaban J connectivity index is 2.24. The molecule has 0 aliphatic rings. The molecule has 0 saturated heterocycles. The largest absolute Gasteiger partial charge is 0.380 e. The van der Waals surface area contributed by atoms with Crippen molar-refractivity contribution in [3.8, 4) is 0 Å². The predicted molar refractivity (Wildman–Crippen MR) is 77.1 cm³/mol. The van der Waals surface area contributed by atoms with Crippen LogP contribution in [-0.4, -0.2) is 10.8 Å². The van der Waals surface area contributed by atoms with Gasteiger partial charge in [-0.2, -0.15) is 0 Å². The number of nitrogens with zero attached hydrogens (tertiary/aromatic N) is 1. The molecule has 1 heterocycles. The summed E-state index contributed by atoms with van der Waals surface area (Å²) in [6.45, 7) is 8.82. The van der Waals surface area contributed by atoms with Crippen LogP contribution in [-0.2, 0) is 11.3 Å². The van der Waals surface area contributed by atoms with Gasteiger partial charge in [0.2, 0.25) is 0 Å². The Hall–Kier alpha value is -1.26. The van der Waals surface area contributed by atoms with Crippen molar-refractivity contribution < 1.29 is 9.26 Å². The van der Waals surface area contributed by atoms with E-state index in [9.17, 15) is 0 Å². The first kappa shape index (κ1) is 14.2. The first-order valence-corrected chi connectivity index (χ1v) is 6.66. The minimum atomic E-state index is -0.210. The zero-order valence-corrected chi connectivity index (χ0v) is 12.4. The molecule has 0 fully saturated rings. The summed E-state index contributed by atoms with van der Waals surface area (Å²) in [6.07, 6.45) is 0. The number of hydrogen-bond donors (Lipinski definition) is 1.